The van der Waals surface area contributed by atoms with Crippen LogP contribution in [0.4, 0.5) is 11.4 Å². The van der Waals surface area contributed by atoms with Gasteiger partial charge in [-0.05, 0) is 13.0 Å². The maximum absolute atomic E-state index is 11.3. The van der Waals surface area contributed by atoms with Crippen LogP contribution >= 0.6 is 0 Å². The summed E-state index contributed by atoms with van der Waals surface area (Å²) < 4.78 is 4.59. The number of amides is 1. The number of hydrogen-bond donors (Lipinski definition) is 2. The van der Waals surface area contributed by atoms with Crippen molar-refractivity contribution in [2.45, 2.75) is 13.3 Å². The van der Waals surface area contributed by atoms with Crippen molar-refractivity contribution in [2.75, 3.05) is 12.0 Å². The van der Waals surface area contributed by atoms with Crippen LogP contribution in [0.25, 0.3) is 0 Å². The van der Waals surface area contributed by atoms with E-state index in [0.717, 1.165) is 0 Å². The molecule has 0 bridgehead atoms. The topological polar surface area (TPSA) is 111 Å². The lowest BCUT2D eigenvalue weighted by Crippen LogP contribution is -2.31. The summed E-state index contributed by atoms with van der Waals surface area (Å²) in [5, 5.41) is 10.7. The highest BCUT2D eigenvalue weighted by molar-refractivity contribution is 5.94. The zero-order chi connectivity index (χ0) is 14.3. The SMILES string of the molecule is CCOC(=O)CC(=O)NNc1ccccc1[N+](=O)[O-]. The predicted octanol–water partition coefficient (Wildman–Crippen LogP) is 0.991. The fraction of sp³-hybridized carbons (Fsp3) is 0.273. The lowest BCUT2D eigenvalue weighted by molar-refractivity contribution is -0.384. The second-order valence-corrected chi connectivity index (χ2v) is 3.43. The van der Waals surface area contributed by atoms with Crippen molar-refractivity contribution < 1.29 is 19.2 Å². The molecule has 0 saturated heterocycles. The molecule has 0 spiro atoms. The number of para-hydroxylation sites is 2. The summed E-state index contributed by atoms with van der Waals surface area (Å²) in [5.74, 6) is -1.30. The van der Waals surface area contributed by atoms with Gasteiger partial charge in [-0.15, -0.1) is 0 Å². The minimum atomic E-state index is -0.663. The first-order valence-corrected chi connectivity index (χ1v) is 5.48. The van der Waals surface area contributed by atoms with Gasteiger partial charge >= 0.3 is 5.97 Å². The molecule has 2 N–H and O–H groups in total. The fourth-order valence-corrected chi connectivity index (χ4v) is 1.26. The van der Waals surface area contributed by atoms with Crippen molar-refractivity contribution in [3.63, 3.8) is 0 Å². The molecule has 0 atom stereocenters. The van der Waals surface area contributed by atoms with Crippen molar-refractivity contribution >= 4 is 23.3 Å². The average molecular weight is 267 g/mol. The van der Waals surface area contributed by atoms with E-state index in [-0.39, 0.29) is 18.0 Å². The summed E-state index contributed by atoms with van der Waals surface area (Å²) in [7, 11) is 0. The number of nitro benzene ring substituents is 1. The average Bonchev–Trinajstić information content (AvgIpc) is 2.36. The number of benzene rings is 1. The van der Waals surface area contributed by atoms with Crippen molar-refractivity contribution in [1.82, 2.24) is 5.43 Å². The maximum Gasteiger partial charge on any atom is 0.315 e. The molecule has 1 rings (SSSR count). The lowest BCUT2D eigenvalue weighted by Gasteiger charge is -2.08. The summed E-state index contributed by atoms with van der Waals surface area (Å²) in [6, 6.07) is 5.80. The van der Waals surface area contributed by atoms with Crippen molar-refractivity contribution in [3.8, 4) is 0 Å². The van der Waals surface area contributed by atoms with E-state index in [2.05, 4.69) is 15.6 Å². The largest absolute Gasteiger partial charge is 0.466 e. The summed E-state index contributed by atoms with van der Waals surface area (Å²) in [6.07, 6.45) is -0.457. The van der Waals surface area contributed by atoms with E-state index in [1.807, 2.05) is 0 Å². The number of hydrazine groups is 1. The molecule has 0 aromatic heterocycles. The van der Waals surface area contributed by atoms with Crippen LogP contribution in [0.3, 0.4) is 0 Å². The fourth-order valence-electron chi connectivity index (χ4n) is 1.26. The Bertz CT molecular complexity index is 489. The summed E-state index contributed by atoms with van der Waals surface area (Å²) in [5.41, 5.74) is 4.53. The number of ether oxygens (including phenoxy) is 1. The Labute approximate surface area is 108 Å². The Morgan fingerprint density at radius 1 is 1.37 bits per heavy atom. The smallest absolute Gasteiger partial charge is 0.315 e. The molecule has 0 aliphatic rings. The number of nitrogens with one attached hydrogen (secondary N) is 2. The maximum atomic E-state index is 11.3. The number of esters is 1. The van der Waals surface area contributed by atoms with E-state index < -0.39 is 23.2 Å². The quantitative estimate of drug-likeness (QED) is 0.344. The third-order valence-electron chi connectivity index (χ3n) is 2.05. The molecule has 0 radical (unpaired) electrons. The molecule has 0 heterocycles. The molecule has 8 heteroatoms. The van der Waals surface area contributed by atoms with Crippen LogP contribution in [0.5, 0.6) is 0 Å². The number of hydrogen-bond acceptors (Lipinski definition) is 6. The number of rotatable bonds is 6. The monoisotopic (exact) mass is 267 g/mol. The summed E-state index contributed by atoms with van der Waals surface area (Å²) in [6.45, 7) is 1.81. The van der Waals surface area contributed by atoms with Crippen LogP contribution in [0, 0.1) is 10.1 Å². The van der Waals surface area contributed by atoms with Gasteiger partial charge in [0.2, 0.25) is 5.91 Å². The van der Waals surface area contributed by atoms with Crippen molar-refractivity contribution in [3.05, 3.63) is 34.4 Å². The van der Waals surface area contributed by atoms with Gasteiger partial charge < -0.3 is 4.74 Å². The van der Waals surface area contributed by atoms with Crippen LogP contribution < -0.4 is 10.9 Å². The van der Waals surface area contributed by atoms with Crippen LogP contribution in [-0.2, 0) is 14.3 Å². The molecule has 0 saturated carbocycles. The highest BCUT2D eigenvalue weighted by atomic mass is 16.6. The number of nitrogens with zero attached hydrogens (tertiary/aromatic N) is 1. The number of anilines is 1. The standard InChI is InChI=1S/C11H13N3O5/c1-2-19-11(16)7-10(15)13-12-8-5-3-4-6-9(8)14(17)18/h3-6,12H,2,7H2,1H3,(H,13,15). The van der Waals surface area contributed by atoms with Crippen LogP contribution in [-0.4, -0.2) is 23.4 Å². The van der Waals surface area contributed by atoms with Crippen LogP contribution in [0.1, 0.15) is 13.3 Å². The van der Waals surface area contributed by atoms with Gasteiger partial charge in [0, 0.05) is 6.07 Å². The third-order valence-corrected chi connectivity index (χ3v) is 2.05. The lowest BCUT2D eigenvalue weighted by atomic mass is 10.3. The zero-order valence-electron chi connectivity index (χ0n) is 10.2. The minimum Gasteiger partial charge on any atom is -0.466 e. The molecule has 0 aliphatic heterocycles. The Morgan fingerprint density at radius 3 is 2.68 bits per heavy atom. The Hall–Kier alpha value is -2.64. The zero-order valence-corrected chi connectivity index (χ0v) is 10.2. The Kier molecular flexibility index (Phi) is 5.27. The molecule has 1 amide bonds. The molecule has 8 nitrogen and oxygen atoms in total. The van der Waals surface area contributed by atoms with E-state index in [1.165, 1.54) is 18.2 Å². The molecule has 1 aromatic carbocycles. The van der Waals surface area contributed by atoms with Gasteiger partial charge in [-0.2, -0.15) is 0 Å². The molecule has 0 unspecified atom stereocenters. The van der Waals surface area contributed by atoms with E-state index in [0.29, 0.717) is 0 Å². The number of carbonyl (C=O) groups is 2. The Balaban J connectivity index is 2.55. The number of nitro groups is 1. The van der Waals surface area contributed by atoms with Gasteiger partial charge in [-0.1, -0.05) is 12.1 Å². The highest BCUT2D eigenvalue weighted by Crippen LogP contribution is 2.21. The van der Waals surface area contributed by atoms with Gasteiger partial charge in [0.25, 0.3) is 5.69 Å². The molecular formula is C11H13N3O5. The van der Waals surface area contributed by atoms with E-state index in [1.54, 1.807) is 13.0 Å². The van der Waals surface area contributed by atoms with Gasteiger partial charge in [0.1, 0.15) is 12.1 Å². The van der Waals surface area contributed by atoms with Gasteiger partial charge in [0.15, 0.2) is 0 Å². The highest BCUT2D eigenvalue weighted by Gasteiger charge is 2.14. The minimum absolute atomic E-state index is 0.129. The molecule has 19 heavy (non-hydrogen) atoms. The molecule has 102 valence electrons. The second-order valence-electron chi connectivity index (χ2n) is 3.43. The third kappa shape index (κ3) is 4.62. The van der Waals surface area contributed by atoms with E-state index in [4.69, 9.17) is 0 Å². The van der Waals surface area contributed by atoms with E-state index in [9.17, 15) is 19.7 Å². The Morgan fingerprint density at radius 2 is 2.05 bits per heavy atom. The first kappa shape index (κ1) is 14.4. The van der Waals surface area contributed by atoms with Crippen molar-refractivity contribution in [1.29, 1.82) is 0 Å². The predicted molar refractivity (Wildman–Crippen MR) is 66.1 cm³/mol. The van der Waals surface area contributed by atoms with Gasteiger partial charge in [-0.3, -0.25) is 30.6 Å². The summed E-state index contributed by atoms with van der Waals surface area (Å²) >= 11 is 0. The first-order valence-electron chi connectivity index (χ1n) is 5.48. The van der Waals surface area contributed by atoms with Crippen LogP contribution in [0.15, 0.2) is 24.3 Å². The van der Waals surface area contributed by atoms with Crippen molar-refractivity contribution in [2.24, 2.45) is 0 Å². The molecule has 0 fully saturated rings. The molecular weight excluding hydrogens is 254 g/mol. The normalized spacial score (nSPS) is 9.53. The number of carbonyl (C=O) groups excluding carboxylic acids is 2. The van der Waals surface area contributed by atoms with Gasteiger partial charge in [0.05, 0.1) is 11.5 Å². The second kappa shape index (κ2) is 6.94. The van der Waals surface area contributed by atoms with Gasteiger partial charge in [-0.25, -0.2) is 0 Å². The molecule has 0 aliphatic carbocycles. The summed E-state index contributed by atoms with van der Waals surface area (Å²) in [4.78, 5) is 32.5. The first-order chi connectivity index (χ1) is 9.04. The molecule has 1 aromatic rings. The van der Waals surface area contributed by atoms with Crippen LogP contribution in [0.2, 0.25) is 0 Å². The van der Waals surface area contributed by atoms with E-state index >= 15 is 0 Å².